The van der Waals surface area contributed by atoms with E-state index in [9.17, 15) is 14.4 Å². The number of hydrogen-bond acceptors (Lipinski definition) is 5. The fourth-order valence-electron chi connectivity index (χ4n) is 3.06. The first-order valence-electron chi connectivity index (χ1n) is 10.1. The van der Waals surface area contributed by atoms with Crippen molar-refractivity contribution < 1.29 is 19.1 Å². The predicted molar refractivity (Wildman–Crippen MR) is 110 cm³/mol. The number of nitrogens with zero attached hydrogens (tertiary/aromatic N) is 3. The standard InChI is InChI=1S/C21H30N4O4/c1-4-29-19(27)12-15-24(3)18(26)11-6-5-8-13-22-21(28)20-16(2)23-17-10-7-9-14-25(17)20/h7,9-10,14H,4-6,8,11-13,15H2,1-3H3,(H,22,28). The van der Waals surface area contributed by atoms with Crippen LogP contribution in [0.3, 0.4) is 0 Å². The zero-order valence-corrected chi connectivity index (χ0v) is 17.4. The van der Waals surface area contributed by atoms with Gasteiger partial charge in [0.15, 0.2) is 0 Å². The maximum atomic E-state index is 12.5. The number of aromatic nitrogens is 2. The summed E-state index contributed by atoms with van der Waals surface area (Å²) in [6, 6.07) is 5.62. The lowest BCUT2D eigenvalue weighted by Crippen LogP contribution is -2.29. The van der Waals surface area contributed by atoms with Gasteiger partial charge < -0.3 is 15.0 Å². The molecule has 0 aliphatic heterocycles. The molecule has 2 aromatic heterocycles. The minimum atomic E-state index is -0.288. The van der Waals surface area contributed by atoms with Gasteiger partial charge in [0.05, 0.1) is 18.7 Å². The Morgan fingerprint density at radius 1 is 1.17 bits per heavy atom. The van der Waals surface area contributed by atoms with E-state index < -0.39 is 0 Å². The minimum absolute atomic E-state index is 0.0136. The molecule has 0 fully saturated rings. The Morgan fingerprint density at radius 3 is 2.72 bits per heavy atom. The maximum absolute atomic E-state index is 12.5. The zero-order chi connectivity index (χ0) is 21.2. The molecule has 0 aliphatic rings. The van der Waals surface area contributed by atoms with Gasteiger partial charge in [-0.15, -0.1) is 0 Å². The number of esters is 1. The highest BCUT2D eigenvalue weighted by Crippen LogP contribution is 2.11. The Kier molecular flexibility index (Phi) is 8.64. The van der Waals surface area contributed by atoms with Crippen LogP contribution in [0.2, 0.25) is 0 Å². The van der Waals surface area contributed by atoms with E-state index in [0.29, 0.717) is 37.5 Å². The third-order valence-electron chi connectivity index (χ3n) is 4.65. The summed E-state index contributed by atoms with van der Waals surface area (Å²) in [5.74, 6) is -0.417. The maximum Gasteiger partial charge on any atom is 0.307 e. The van der Waals surface area contributed by atoms with Crippen molar-refractivity contribution in [2.45, 2.75) is 46.0 Å². The molecule has 8 heteroatoms. The van der Waals surface area contributed by atoms with E-state index in [0.717, 1.165) is 24.9 Å². The van der Waals surface area contributed by atoms with E-state index in [1.807, 2.05) is 31.3 Å². The molecular formula is C21H30N4O4. The lowest BCUT2D eigenvalue weighted by atomic mass is 10.1. The number of carbonyl (C=O) groups is 3. The van der Waals surface area contributed by atoms with Crippen molar-refractivity contribution in [1.82, 2.24) is 19.6 Å². The van der Waals surface area contributed by atoms with Crippen molar-refractivity contribution in [3.8, 4) is 0 Å². The number of hydrogen-bond donors (Lipinski definition) is 1. The summed E-state index contributed by atoms with van der Waals surface area (Å²) in [6.07, 6.45) is 4.84. The molecule has 0 saturated carbocycles. The predicted octanol–water partition coefficient (Wildman–Crippen LogP) is 2.34. The Bertz CT molecular complexity index is 846. The number of carbonyl (C=O) groups excluding carboxylic acids is 3. The number of unbranched alkanes of at least 4 members (excludes halogenated alkanes) is 2. The average molecular weight is 402 g/mol. The van der Waals surface area contributed by atoms with E-state index in [4.69, 9.17) is 4.74 Å². The molecule has 8 nitrogen and oxygen atoms in total. The Labute approximate surface area is 171 Å². The van der Waals surface area contributed by atoms with Gasteiger partial charge in [0.1, 0.15) is 11.3 Å². The van der Waals surface area contributed by atoms with Gasteiger partial charge in [0, 0.05) is 32.8 Å². The number of amides is 2. The van der Waals surface area contributed by atoms with Crippen molar-refractivity contribution >= 4 is 23.4 Å². The summed E-state index contributed by atoms with van der Waals surface area (Å²) in [6.45, 7) is 4.85. The number of ether oxygens (including phenoxy) is 1. The van der Waals surface area contributed by atoms with Crippen LogP contribution in [0.1, 0.15) is 55.2 Å². The summed E-state index contributed by atoms with van der Waals surface area (Å²) in [5.41, 5.74) is 2.00. The molecule has 0 radical (unpaired) electrons. The van der Waals surface area contributed by atoms with Gasteiger partial charge in [-0.2, -0.15) is 0 Å². The van der Waals surface area contributed by atoms with E-state index >= 15 is 0 Å². The zero-order valence-electron chi connectivity index (χ0n) is 17.4. The quantitative estimate of drug-likeness (QED) is 0.460. The Morgan fingerprint density at radius 2 is 1.97 bits per heavy atom. The molecule has 0 spiro atoms. The third kappa shape index (κ3) is 6.58. The van der Waals surface area contributed by atoms with Crippen LogP contribution in [-0.4, -0.2) is 58.8 Å². The van der Waals surface area contributed by atoms with Crippen LogP contribution in [0.5, 0.6) is 0 Å². The van der Waals surface area contributed by atoms with Crippen LogP contribution >= 0.6 is 0 Å². The molecule has 2 rings (SSSR count). The van der Waals surface area contributed by atoms with Crippen molar-refractivity contribution in [3.63, 3.8) is 0 Å². The highest BCUT2D eigenvalue weighted by Gasteiger charge is 2.15. The number of rotatable bonds is 11. The van der Waals surface area contributed by atoms with Crippen molar-refractivity contribution in [1.29, 1.82) is 0 Å². The molecular weight excluding hydrogens is 372 g/mol. The highest BCUT2D eigenvalue weighted by molar-refractivity contribution is 5.94. The molecule has 2 amide bonds. The SMILES string of the molecule is CCOC(=O)CCN(C)C(=O)CCCCCNC(=O)c1c(C)nc2ccccn12. The first-order chi connectivity index (χ1) is 13.9. The summed E-state index contributed by atoms with van der Waals surface area (Å²) in [5, 5.41) is 2.93. The molecule has 0 atom stereocenters. The van der Waals surface area contributed by atoms with Gasteiger partial charge in [-0.25, -0.2) is 4.98 Å². The normalized spacial score (nSPS) is 10.7. The second-order valence-corrected chi connectivity index (χ2v) is 6.91. The van der Waals surface area contributed by atoms with Crippen molar-refractivity contribution in [2.75, 3.05) is 26.7 Å². The minimum Gasteiger partial charge on any atom is -0.466 e. The summed E-state index contributed by atoms with van der Waals surface area (Å²) in [4.78, 5) is 41.8. The van der Waals surface area contributed by atoms with Crippen LogP contribution < -0.4 is 5.32 Å². The van der Waals surface area contributed by atoms with Crippen LogP contribution in [0.25, 0.3) is 5.65 Å². The largest absolute Gasteiger partial charge is 0.466 e. The monoisotopic (exact) mass is 402 g/mol. The first kappa shape index (κ1) is 22.4. The fraction of sp³-hybridized carbons (Fsp3) is 0.524. The second-order valence-electron chi connectivity index (χ2n) is 6.91. The van der Waals surface area contributed by atoms with Crippen LogP contribution in [0.4, 0.5) is 0 Å². The molecule has 0 aromatic carbocycles. The molecule has 0 saturated heterocycles. The van der Waals surface area contributed by atoms with Crippen LogP contribution in [-0.2, 0) is 14.3 Å². The average Bonchev–Trinajstić information content (AvgIpc) is 3.04. The molecule has 0 aliphatic carbocycles. The van der Waals surface area contributed by atoms with Gasteiger partial charge in [-0.3, -0.25) is 18.8 Å². The smallest absolute Gasteiger partial charge is 0.307 e. The number of fused-ring (bicyclic) bond motifs is 1. The number of nitrogens with one attached hydrogen (secondary N) is 1. The van der Waals surface area contributed by atoms with E-state index in [2.05, 4.69) is 10.3 Å². The Balaban J connectivity index is 1.64. The summed E-state index contributed by atoms with van der Waals surface area (Å²) in [7, 11) is 1.69. The van der Waals surface area contributed by atoms with Gasteiger partial charge in [0.2, 0.25) is 5.91 Å². The lowest BCUT2D eigenvalue weighted by Gasteiger charge is -2.16. The molecule has 0 bridgehead atoms. The third-order valence-corrected chi connectivity index (χ3v) is 4.65. The molecule has 1 N–H and O–H groups in total. The van der Waals surface area contributed by atoms with Crippen LogP contribution in [0, 0.1) is 6.92 Å². The van der Waals surface area contributed by atoms with E-state index in [1.165, 1.54) is 0 Å². The second kappa shape index (κ2) is 11.2. The van der Waals surface area contributed by atoms with E-state index in [1.54, 1.807) is 23.3 Å². The van der Waals surface area contributed by atoms with E-state index in [-0.39, 0.29) is 24.2 Å². The number of aryl methyl sites for hydroxylation is 1. The Hall–Kier alpha value is -2.90. The lowest BCUT2D eigenvalue weighted by molar-refractivity contribution is -0.143. The fourth-order valence-corrected chi connectivity index (χ4v) is 3.06. The van der Waals surface area contributed by atoms with Gasteiger partial charge in [-0.05, 0) is 38.8 Å². The van der Waals surface area contributed by atoms with Crippen molar-refractivity contribution in [2.24, 2.45) is 0 Å². The number of pyridine rings is 1. The molecule has 29 heavy (non-hydrogen) atoms. The highest BCUT2D eigenvalue weighted by atomic mass is 16.5. The summed E-state index contributed by atoms with van der Waals surface area (Å²) >= 11 is 0. The molecule has 158 valence electrons. The van der Waals surface area contributed by atoms with Crippen molar-refractivity contribution in [3.05, 3.63) is 35.8 Å². The first-order valence-corrected chi connectivity index (χ1v) is 10.1. The summed E-state index contributed by atoms with van der Waals surface area (Å²) < 4.78 is 6.64. The molecule has 2 aromatic rings. The molecule has 0 unspecified atom stereocenters. The van der Waals surface area contributed by atoms with Gasteiger partial charge in [-0.1, -0.05) is 12.5 Å². The topological polar surface area (TPSA) is 93.0 Å². The van der Waals surface area contributed by atoms with Gasteiger partial charge in [0.25, 0.3) is 5.91 Å². The van der Waals surface area contributed by atoms with Gasteiger partial charge >= 0.3 is 5.97 Å². The number of imidazole rings is 1. The van der Waals surface area contributed by atoms with Crippen LogP contribution in [0.15, 0.2) is 24.4 Å². The molecule has 2 heterocycles.